The molecule has 0 amide bonds. The zero-order valence-electron chi connectivity index (χ0n) is 15.1. The number of ketones is 1. The second-order valence-corrected chi connectivity index (χ2v) is 7.22. The lowest BCUT2D eigenvalue weighted by atomic mass is 9.90. The van der Waals surface area contributed by atoms with Gasteiger partial charge in [0, 0.05) is 17.5 Å². The fourth-order valence-corrected chi connectivity index (χ4v) is 3.99. The van der Waals surface area contributed by atoms with E-state index in [9.17, 15) is 9.59 Å². The van der Waals surface area contributed by atoms with Gasteiger partial charge in [0.1, 0.15) is 0 Å². The van der Waals surface area contributed by atoms with Crippen molar-refractivity contribution in [3.8, 4) is 0 Å². The predicted octanol–water partition coefficient (Wildman–Crippen LogP) is 1.55. The summed E-state index contributed by atoms with van der Waals surface area (Å²) in [5.41, 5.74) is 2.43. The van der Waals surface area contributed by atoms with Crippen molar-refractivity contribution in [2.75, 3.05) is 20.2 Å². The van der Waals surface area contributed by atoms with E-state index in [1.165, 1.54) is 18.4 Å². The van der Waals surface area contributed by atoms with E-state index in [-0.39, 0.29) is 11.8 Å². The zero-order chi connectivity index (χ0) is 17.3. The average molecular weight is 321 g/mol. The van der Waals surface area contributed by atoms with Crippen LogP contribution in [0, 0.1) is 25.7 Å². The van der Waals surface area contributed by atoms with E-state index in [0.717, 1.165) is 13.1 Å². The molecular formula is C18H29N2O3+. The van der Waals surface area contributed by atoms with E-state index in [2.05, 4.69) is 18.8 Å². The summed E-state index contributed by atoms with van der Waals surface area (Å²) in [7, 11) is 1.36. The lowest BCUT2D eigenvalue weighted by molar-refractivity contribution is -0.925. The summed E-state index contributed by atoms with van der Waals surface area (Å²) in [5.74, 6) is 0.967. The Morgan fingerprint density at radius 2 is 1.78 bits per heavy atom. The second kappa shape index (κ2) is 6.87. The molecule has 23 heavy (non-hydrogen) atoms. The van der Waals surface area contributed by atoms with Crippen molar-refractivity contribution in [3.63, 3.8) is 0 Å². The molecule has 5 nitrogen and oxygen atoms in total. The topological polar surface area (TPSA) is 63.6 Å². The third kappa shape index (κ3) is 3.50. The molecule has 0 saturated carbocycles. The number of ether oxygens (including phenoxy) is 1. The molecule has 0 aromatic carbocycles. The SMILES string of the molecule is COC(=O)c1c(C)[nH]c(C(=O)[C@H](C)[NH+]2C[C@@H](C)C[C@H](C)C2)c1C. The highest BCUT2D eigenvalue weighted by atomic mass is 16.5. The van der Waals surface area contributed by atoms with Crippen LogP contribution in [0.4, 0.5) is 0 Å². The first-order chi connectivity index (χ1) is 10.8. The number of hydrogen-bond acceptors (Lipinski definition) is 3. The smallest absolute Gasteiger partial charge is 0.339 e. The molecular weight excluding hydrogens is 292 g/mol. The lowest BCUT2D eigenvalue weighted by Crippen LogP contribution is -3.18. The van der Waals surface area contributed by atoms with Gasteiger partial charge in [-0.1, -0.05) is 13.8 Å². The van der Waals surface area contributed by atoms with Crippen LogP contribution in [0.1, 0.15) is 59.3 Å². The van der Waals surface area contributed by atoms with Crippen molar-refractivity contribution < 1.29 is 19.2 Å². The van der Waals surface area contributed by atoms with E-state index in [4.69, 9.17) is 4.74 Å². The normalized spacial score (nSPS) is 25.9. The molecule has 5 heteroatoms. The number of Topliss-reactive ketones (excluding diaryl/α,β-unsaturated/α-hetero) is 1. The van der Waals surface area contributed by atoms with Crippen LogP contribution in [0.25, 0.3) is 0 Å². The van der Waals surface area contributed by atoms with Gasteiger partial charge in [-0.05, 0) is 32.8 Å². The number of hydrogen-bond donors (Lipinski definition) is 2. The molecule has 2 N–H and O–H groups in total. The molecule has 2 rings (SSSR count). The Balaban J connectivity index is 2.25. The molecule has 0 aliphatic carbocycles. The minimum Gasteiger partial charge on any atom is -0.465 e. The van der Waals surface area contributed by atoms with Gasteiger partial charge in [-0.2, -0.15) is 0 Å². The summed E-state index contributed by atoms with van der Waals surface area (Å²) < 4.78 is 4.82. The van der Waals surface area contributed by atoms with Gasteiger partial charge in [0.15, 0.2) is 6.04 Å². The Labute approximate surface area is 138 Å². The maximum Gasteiger partial charge on any atom is 0.339 e. The van der Waals surface area contributed by atoms with Crippen molar-refractivity contribution >= 4 is 11.8 Å². The van der Waals surface area contributed by atoms with Gasteiger partial charge in [0.05, 0.1) is 31.5 Å². The number of aromatic nitrogens is 1. The molecule has 0 unspecified atom stereocenters. The van der Waals surface area contributed by atoms with Gasteiger partial charge in [-0.25, -0.2) is 4.79 Å². The molecule has 3 atom stereocenters. The summed E-state index contributed by atoms with van der Waals surface area (Å²) in [5, 5.41) is 0. The summed E-state index contributed by atoms with van der Waals surface area (Å²) >= 11 is 0. The van der Waals surface area contributed by atoms with E-state index in [0.29, 0.717) is 34.4 Å². The van der Waals surface area contributed by atoms with E-state index in [1.807, 2.05) is 13.8 Å². The molecule has 0 radical (unpaired) electrons. The number of esters is 1. The van der Waals surface area contributed by atoms with E-state index < -0.39 is 5.97 Å². The average Bonchev–Trinajstić information content (AvgIpc) is 2.79. The third-order valence-electron chi connectivity index (χ3n) is 5.11. The monoisotopic (exact) mass is 321 g/mol. The molecule has 1 saturated heterocycles. The fraction of sp³-hybridized carbons (Fsp3) is 0.667. The van der Waals surface area contributed by atoms with Crippen LogP contribution >= 0.6 is 0 Å². The summed E-state index contributed by atoms with van der Waals surface area (Å²) in [4.78, 5) is 29.3. The third-order valence-corrected chi connectivity index (χ3v) is 5.11. The number of nitrogens with one attached hydrogen (secondary N) is 2. The number of piperidine rings is 1. The number of methoxy groups -OCH3 is 1. The molecule has 128 valence electrons. The predicted molar refractivity (Wildman–Crippen MR) is 89.0 cm³/mol. The summed E-state index contributed by atoms with van der Waals surface area (Å²) in [6, 6.07) is -0.109. The van der Waals surface area contributed by atoms with Crippen LogP contribution in [0.3, 0.4) is 0 Å². The van der Waals surface area contributed by atoms with Crippen LogP contribution < -0.4 is 4.90 Å². The number of H-pyrrole nitrogens is 1. The zero-order valence-corrected chi connectivity index (χ0v) is 15.1. The second-order valence-electron chi connectivity index (χ2n) is 7.22. The van der Waals surface area contributed by atoms with Crippen LogP contribution in [0.15, 0.2) is 0 Å². The van der Waals surface area contributed by atoms with E-state index >= 15 is 0 Å². The first-order valence-corrected chi connectivity index (χ1v) is 8.42. The van der Waals surface area contributed by atoms with Crippen LogP contribution in [0.2, 0.25) is 0 Å². The molecule has 1 fully saturated rings. The Morgan fingerprint density at radius 1 is 1.22 bits per heavy atom. The summed E-state index contributed by atoms with van der Waals surface area (Å²) in [6.07, 6.45) is 1.23. The van der Waals surface area contributed by atoms with Gasteiger partial charge < -0.3 is 14.6 Å². The van der Waals surface area contributed by atoms with Crippen LogP contribution in [-0.2, 0) is 4.74 Å². The van der Waals surface area contributed by atoms with Gasteiger partial charge in [0.2, 0.25) is 5.78 Å². The molecule has 1 aliphatic rings. The Bertz CT molecular complexity index is 596. The number of carbonyl (C=O) groups is 2. The minimum atomic E-state index is -0.393. The molecule has 0 bridgehead atoms. The molecule has 2 heterocycles. The van der Waals surface area contributed by atoms with Crippen molar-refractivity contribution in [1.29, 1.82) is 0 Å². The lowest BCUT2D eigenvalue weighted by Gasteiger charge is -2.35. The Morgan fingerprint density at radius 3 is 2.30 bits per heavy atom. The number of likely N-dealkylation sites (tertiary alicyclic amines) is 1. The first kappa shape index (κ1) is 17.7. The maximum absolute atomic E-state index is 13.0. The highest BCUT2D eigenvalue weighted by molar-refractivity contribution is 6.03. The number of quaternary nitrogens is 1. The van der Waals surface area contributed by atoms with Crippen LogP contribution in [-0.4, -0.2) is 43.0 Å². The molecule has 0 spiro atoms. The quantitative estimate of drug-likeness (QED) is 0.653. The molecule has 1 aromatic rings. The van der Waals surface area contributed by atoms with Gasteiger partial charge in [0.25, 0.3) is 0 Å². The van der Waals surface area contributed by atoms with Crippen molar-refractivity contribution in [2.24, 2.45) is 11.8 Å². The Hall–Kier alpha value is -1.62. The number of aryl methyl sites for hydroxylation is 1. The first-order valence-electron chi connectivity index (χ1n) is 8.42. The van der Waals surface area contributed by atoms with Crippen molar-refractivity contribution in [1.82, 2.24) is 4.98 Å². The fourth-order valence-electron chi connectivity index (χ4n) is 3.99. The highest BCUT2D eigenvalue weighted by Crippen LogP contribution is 2.20. The molecule has 1 aliphatic heterocycles. The maximum atomic E-state index is 13.0. The minimum absolute atomic E-state index is 0.0806. The Kier molecular flexibility index (Phi) is 5.30. The van der Waals surface area contributed by atoms with Gasteiger partial charge >= 0.3 is 5.97 Å². The number of carbonyl (C=O) groups excluding carboxylic acids is 2. The van der Waals surface area contributed by atoms with E-state index in [1.54, 1.807) is 6.92 Å². The largest absolute Gasteiger partial charge is 0.465 e. The number of rotatable bonds is 4. The highest BCUT2D eigenvalue weighted by Gasteiger charge is 2.35. The summed E-state index contributed by atoms with van der Waals surface area (Å²) in [6.45, 7) is 12.2. The van der Waals surface area contributed by atoms with Gasteiger partial charge in [-0.15, -0.1) is 0 Å². The van der Waals surface area contributed by atoms with Crippen molar-refractivity contribution in [2.45, 2.75) is 47.1 Å². The standard InChI is InChI=1S/C18H28N2O3/c1-10-7-11(2)9-20(8-10)14(5)17(21)16-12(3)15(13(4)19-16)18(22)23-6/h10-11,14,19H,7-9H2,1-6H3/p+1/t10-,11-,14-/m0/s1. The van der Waals surface area contributed by atoms with Crippen molar-refractivity contribution in [3.05, 3.63) is 22.5 Å². The van der Waals surface area contributed by atoms with Crippen LogP contribution in [0.5, 0.6) is 0 Å². The molecule has 1 aromatic heterocycles. The van der Waals surface area contributed by atoms with Gasteiger partial charge in [-0.3, -0.25) is 4.79 Å². The number of aromatic amines is 1.